The minimum Gasteiger partial charge on any atom is -0.505 e. The number of nitrogens with zero attached hydrogens (tertiary/aromatic N) is 1. The van der Waals surface area contributed by atoms with Gasteiger partial charge in [0.05, 0.1) is 11.3 Å². The van der Waals surface area contributed by atoms with Gasteiger partial charge >= 0.3 is 5.63 Å². The summed E-state index contributed by atoms with van der Waals surface area (Å²) in [5.41, 5.74) is 0.0767. The third-order valence-electron chi connectivity index (χ3n) is 2.60. The Kier molecular flexibility index (Phi) is 2.33. The molecule has 0 amide bonds. The summed E-state index contributed by atoms with van der Waals surface area (Å²) in [4.78, 5) is 13.5. The highest BCUT2D eigenvalue weighted by Gasteiger charge is 2.20. The average molecular weight is 247 g/mol. The van der Waals surface area contributed by atoms with Crippen LogP contribution in [0, 0.1) is 0 Å². The fraction of sp³-hybridized carbons (Fsp3) is 0.0833. The quantitative estimate of drug-likeness (QED) is 0.784. The topological polar surface area (TPSA) is 53.7 Å². The second-order valence-corrected chi connectivity index (χ2v) is 4.50. The first-order chi connectivity index (χ1) is 8.27. The molecule has 0 aliphatic carbocycles. The average Bonchev–Trinajstić information content (AvgIpc) is 2.83. The Labute approximate surface area is 101 Å². The molecule has 0 bridgehead atoms. The molecule has 1 N–H and O–H groups in total. The van der Waals surface area contributed by atoms with Gasteiger partial charge in [-0.3, -0.25) is 0 Å². The highest BCUT2D eigenvalue weighted by molar-refractivity contribution is 8.02. The standard InChI is InChI=1S/C12H9NO3S/c14-11-8-3-1-2-4-9(8)16-12(15)10(11)13-5-6-17-7-13/h1-6,14H,7H2. The van der Waals surface area contributed by atoms with Gasteiger partial charge in [0.2, 0.25) is 0 Å². The lowest BCUT2D eigenvalue weighted by molar-refractivity contribution is 0.469. The van der Waals surface area contributed by atoms with E-state index in [1.165, 1.54) is 0 Å². The van der Waals surface area contributed by atoms with Crippen molar-refractivity contribution in [3.05, 3.63) is 46.3 Å². The molecule has 1 aromatic carbocycles. The number of fused-ring (bicyclic) bond motifs is 1. The van der Waals surface area contributed by atoms with Crippen molar-refractivity contribution in [1.29, 1.82) is 0 Å². The molecule has 0 radical (unpaired) electrons. The molecular formula is C12H9NO3S. The van der Waals surface area contributed by atoms with Crippen LogP contribution in [0.15, 0.2) is 45.1 Å². The molecule has 1 aromatic heterocycles. The van der Waals surface area contributed by atoms with Crippen LogP contribution in [0.4, 0.5) is 5.69 Å². The number of anilines is 1. The number of thioether (sulfide) groups is 1. The molecule has 4 nitrogen and oxygen atoms in total. The van der Waals surface area contributed by atoms with Gasteiger partial charge in [0.1, 0.15) is 5.58 Å². The van der Waals surface area contributed by atoms with Crippen LogP contribution < -0.4 is 10.5 Å². The summed E-state index contributed by atoms with van der Waals surface area (Å²) in [6.45, 7) is 0. The molecule has 0 saturated heterocycles. The maximum atomic E-state index is 11.8. The van der Waals surface area contributed by atoms with Crippen molar-refractivity contribution in [2.45, 2.75) is 0 Å². The van der Waals surface area contributed by atoms with E-state index < -0.39 is 5.63 Å². The molecule has 0 fully saturated rings. The molecule has 0 spiro atoms. The first-order valence-corrected chi connectivity index (χ1v) is 6.12. The highest BCUT2D eigenvalue weighted by Crippen LogP contribution is 2.34. The van der Waals surface area contributed by atoms with Gasteiger partial charge in [-0.1, -0.05) is 12.1 Å². The van der Waals surface area contributed by atoms with Crippen LogP contribution in [0.5, 0.6) is 5.75 Å². The predicted octanol–water partition coefficient (Wildman–Crippen LogP) is 2.48. The minimum atomic E-state index is -0.520. The first kappa shape index (κ1) is 10.3. The van der Waals surface area contributed by atoms with Crippen LogP contribution in [0.1, 0.15) is 0 Å². The minimum absolute atomic E-state index is 0.0241. The van der Waals surface area contributed by atoms with E-state index in [4.69, 9.17) is 4.42 Å². The fourth-order valence-electron chi connectivity index (χ4n) is 1.80. The van der Waals surface area contributed by atoms with Gasteiger partial charge in [-0.05, 0) is 17.5 Å². The van der Waals surface area contributed by atoms with Crippen LogP contribution in [0.25, 0.3) is 11.0 Å². The van der Waals surface area contributed by atoms with Gasteiger partial charge in [-0.2, -0.15) is 0 Å². The van der Waals surface area contributed by atoms with Crippen LogP contribution in [0.2, 0.25) is 0 Å². The van der Waals surface area contributed by atoms with Crippen molar-refractivity contribution in [2.24, 2.45) is 0 Å². The summed E-state index contributed by atoms with van der Waals surface area (Å²) >= 11 is 1.55. The third kappa shape index (κ3) is 1.59. The molecule has 86 valence electrons. The number of hydrogen-bond acceptors (Lipinski definition) is 5. The normalized spacial score (nSPS) is 14.7. The lowest BCUT2D eigenvalue weighted by atomic mass is 10.2. The van der Waals surface area contributed by atoms with Crippen LogP contribution in [-0.4, -0.2) is 11.0 Å². The zero-order chi connectivity index (χ0) is 11.8. The largest absolute Gasteiger partial charge is 0.505 e. The van der Waals surface area contributed by atoms with Gasteiger partial charge in [0.15, 0.2) is 11.4 Å². The Morgan fingerprint density at radius 3 is 2.94 bits per heavy atom. The fourth-order valence-corrected chi connectivity index (χ4v) is 2.49. The lowest BCUT2D eigenvalue weighted by Gasteiger charge is -2.15. The van der Waals surface area contributed by atoms with Crippen molar-refractivity contribution in [3.8, 4) is 5.75 Å². The van der Waals surface area contributed by atoms with Crippen LogP contribution in [0.3, 0.4) is 0 Å². The SMILES string of the molecule is O=c1oc2ccccc2c(O)c1N1C=CSC1. The number of aromatic hydroxyl groups is 1. The van der Waals surface area contributed by atoms with Crippen molar-refractivity contribution < 1.29 is 9.52 Å². The molecule has 0 unspecified atom stereocenters. The van der Waals surface area contributed by atoms with Crippen LogP contribution >= 0.6 is 11.8 Å². The molecule has 17 heavy (non-hydrogen) atoms. The molecule has 2 heterocycles. The van der Waals surface area contributed by atoms with Crippen LogP contribution in [-0.2, 0) is 0 Å². The number of benzene rings is 1. The smallest absolute Gasteiger partial charge is 0.364 e. The number of para-hydroxylation sites is 1. The Morgan fingerprint density at radius 1 is 1.35 bits per heavy atom. The van der Waals surface area contributed by atoms with Gasteiger partial charge in [-0.15, -0.1) is 11.8 Å². The van der Waals surface area contributed by atoms with E-state index in [0.29, 0.717) is 16.8 Å². The Bertz CT molecular complexity index is 662. The van der Waals surface area contributed by atoms with E-state index in [0.717, 1.165) is 0 Å². The van der Waals surface area contributed by atoms with Crippen molar-refractivity contribution in [3.63, 3.8) is 0 Å². The van der Waals surface area contributed by atoms with Crippen molar-refractivity contribution in [1.82, 2.24) is 0 Å². The maximum absolute atomic E-state index is 11.8. The summed E-state index contributed by atoms with van der Waals surface area (Å²) < 4.78 is 5.19. The lowest BCUT2D eigenvalue weighted by Crippen LogP contribution is -2.19. The Hall–Kier alpha value is -1.88. The van der Waals surface area contributed by atoms with Gasteiger partial charge in [-0.25, -0.2) is 4.79 Å². The summed E-state index contributed by atoms with van der Waals surface area (Å²) in [5.74, 6) is 0.584. The Balaban J connectivity index is 2.31. The monoisotopic (exact) mass is 247 g/mol. The summed E-state index contributed by atoms with van der Waals surface area (Å²) in [7, 11) is 0. The van der Waals surface area contributed by atoms with E-state index in [1.807, 2.05) is 5.41 Å². The maximum Gasteiger partial charge on any atom is 0.364 e. The Morgan fingerprint density at radius 2 is 2.18 bits per heavy atom. The molecule has 0 saturated carbocycles. The summed E-state index contributed by atoms with van der Waals surface area (Å²) in [6, 6.07) is 6.94. The van der Waals surface area contributed by atoms with E-state index in [1.54, 1.807) is 47.1 Å². The van der Waals surface area contributed by atoms with Crippen molar-refractivity contribution in [2.75, 3.05) is 10.8 Å². The zero-order valence-corrected chi connectivity index (χ0v) is 9.61. The predicted molar refractivity (Wildman–Crippen MR) is 68.2 cm³/mol. The summed E-state index contributed by atoms with van der Waals surface area (Å²) in [5, 5.41) is 12.6. The van der Waals surface area contributed by atoms with Crippen molar-refractivity contribution >= 4 is 28.4 Å². The zero-order valence-electron chi connectivity index (χ0n) is 8.79. The van der Waals surface area contributed by atoms with E-state index in [2.05, 4.69) is 0 Å². The number of hydrogen-bond donors (Lipinski definition) is 1. The third-order valence-corrected chi connectivity index (χ3v) is 3.34. The molecule has 0 atom stereocenters. The van der Waals surface area contributed by atoms with Gasteiger partial charge in [0, 0.05) is 6.20 Å². The molecule has 5 heteroatoms. The highest BCUT2D eigenvalue weighted by atomic mass is 32.2. The second kappa shape index (κ2) is 3.85. The summed E-state index contributed by atoms with van der Waals surface area (Å²) in [6.07, 6.45) is 1.76. The first-order valence-electron chi connectivity index (χ1n) is 5.07. The van der Waals surface area contributed by atoms with Gasteiger partial charge in [0.25, 0.3) is 0 Å². The molecule has 3 rings (SSSR count). The van der Waals surface area contributed by atoms with E-state index in [-0.39, 0.29) is 11.4 Å². The molecular weight excluding hydrogens is 238 g/mol. The van der Waals surface area contributed by atoms with Gasteiger partial charge < -0.3 is 14.4 Å². The van der Waals surface area contributed by atoms with E-state index in [9.17, 15) is 9.90 Å². The molecule has 2 aromatic rings. The van der Waals surface area contributed by atoms with E-state index >= 15 is 0 Å². The second-order valence-electron chi connectivity index (χ2n) is 3.63. The molecule has 1 aliphatic rings. The number of rotatable bonds is 1. The molecule has 1 aliphatic heterocycles.